The molecule has 0 aromatic heterocycles. The van der Waals surface area contributed by atoms with Crippen LogP contribution in [-0.2, 0) is 4.74 Å². The van der Waals surface area contributed by atoms with Crippen molar-refractivity contribution in [3.8, 4) is 0 Å². The van der Waals surface area contributed by atoms with Crippen LogP contribution < -0.4 is 0 Å². The van der Waals surface area contributed by atoms with Crippen molar-refractivity contribution in [1.82, 2.24) is 0 Å². The predicted molar refractivity (Wildman–Crippen MR) is 36.0 cm³/mol. The van der Waals surface area contributed by atoms with Gasteiger partial charge in [0.05, 0.1) is 13.2 Å². The van der Waals surface area contributed by atoms with Gasteiger partial charge in [-0.25, -0.2) is 0 Å². The Balaban J connectivity index is 2.76. The molecular weight excluding hydrogens is 168 g/mol. The van der Waals surface area contributed by atoms with Gasteiger partial charge in [-0.15, -0.1) is 0 Å². The molecule has 0 aromatic carbocycles. The SMILES string of the molecule is OC[C@@H]1OC(O)[C@](O)(CO)[C@H]1O. The highest BCUT2D eigenvalue weighted by atomic mass is 16.7. The van der Waals surface area contributed by atoms with E-state index in [1.165, 1.54) is 0 Å². The molecule has 0 aliphatic carbocycles. The van der Waals surface area contributed by atoms with Crippen LogP contribution in [0.4, 0.5) is 0 Å². The summed E-state index contributed by atoms with van der Waals surface area (Å²) in [5, 5.41) is 44.8. The van der Waals surface area contributed by atoms with Crippen LogP contribution in [0.25, 0.3) is 0 Å². The maximum absolute atomic E-state index is 9.35. The van der Waals surface area contributed by atoms with E-state index < -0.39 is 37.3 Å². The fourth-order valence-corrected chi connectivity index (χ4v) is 1.14. The van der Waals surface area contributed by atoms with Gasteiger partial charge in [-0.05, 0) is 0 Å². The van der Waals surface area contributed by atoms with Crippen molar-refractivity contribution in [3.05, 3.63) is 0 Å². The summed E-state index contributed by atoms with van der Waals surface area (Å²) in [5.74, 6) is 0. The second-order valence-corrected chi connectivity index (χ2v) is 2.80. The Morgan fingerprint density at radius 2 is 1.83 bits per heavy atom. The summed E-state index contributed by atoms with van der Waals surface area (Å²) in [7, 11) is 0. The third-order valence-corrected chi connectivity index (χ3v) is 2.03. The first-order chi connectivity index (χ1) is 5.56. The quantitative estimate of drug-likeness (QED) is 0.306. The molecule has 1 aliphatic rings. The number of hydrogen-bond donors (Lipinski definition) is 5. The fourth-order valence-electron chi connectivity index (χ4n) is 1.14. The molecule has 1 heterocycles. The Labute approximate surface area is 68.6 Å². The van der Waals surface area contributed by atoms with Gasteiger partial charge in [-0.2, -0.15) is 0 Å². The number of hydrogen-bond acceptors (Lipinski definition) is 6. The zero-order valence-corrected chi connectivity index (χ0v) is 6.29. The van der Waals surface area contributed by atoms with Crippen LogP contribution in [0.15, 0.2) is 0 Å². The van der Waals surface area contributed by atoms with E-state index in [9.17, 15) is 10.2 Å². The van der Waals surface area contributed by atoms with Crippen LogP contribution in [0.3, 0.4) is 0 Å². The molecule has 0 aromatic rings. The average molecular weight is 180 g/mol. The molecule has 0 spiro atoms. The zero-order valence-electron chi connectivity index (χ0n) is 6.29. The van der Waals surface area contributed by atoms with Gasteiger partial charge in [0.1, 0.15) is 12.2 Å². The van der Waals surface area contributed by atoms with E-state index in [-0.39, 0.29) is 0 Å². The molecule has 0 radical (unpaired) electrons. The highest BCUT2D eigenvalue weighted by Gasteiger charge is 2.54. The Morgan fingerprint density at radius 3 is 2.08 bits per heavy atom. The lowest BCUT2D eigenvalue weighted by Crippen LogP contribution is -2.51. The summed E-state index contributed by atoms with van der Waals surface area (Å²) in [5.41, 5.74) is -2.09. The maximum atomic E-state index is 9.35. The van der Waals surface area contributed by atoms with E-state index in [4.69, 9.17) is 15.3 Å². The molecule has 4 atom stereocenters. The van der Waals surface area contributed by atoms with E-state index in [2.05, 4.69) is 4.74 Å². The summed E-state index contributed by atoms with van der Waals surface area (Å²) in [6.07, 6.45) is -4.21. The summed E-state index contributed by atoms with van der Waals surface area (Å²) < 4.78 is 4.57. The first-order valence-electron chi connectivity index (χ1n) is 3.52. The Hall–Kier alpha value is -0.240. The Kier molecular flexibility index (Phi) is 2.67. The van der Waals surface area contributed by atoms with Crippen LogP contribution in [0, 0.1) is 0 Å². The zero-order chi connectivity index (χ0) is 9.35. The minimum Gasteiger partial charge on any atom is -0.394 e. The number of rotatable bonds is 2. The fraction of sp³-hybridized carbons (Fsp3) is 1.00. The van der Waals surface area contributed by atoms with Gasteiger partial charge in [0.2, 0.25) is 0 Å². The van der Waals surface area contributed by atoms with Crippen molar-refractivity contribution in [2.45, 2.75) is 24.1 Å². The first-order valence-corrected chi connectivity index (χ1v) is 3.52. The predicted octanol–water partition coefficient (Wildman–Crippen LogP) is -3.22. The maximum Gasteiger partial charge on any atom is 0.189 e. The standard InChI is InChI=1S/C6H12O6/c7-1-3-4(9)6(11,2-8)5(10)12-3/h3-5,7-11H,1-2H2/t3-,4-,5?,6-/m0/s1. The molecule has 5 N–H and O–H groups in total. The molecule has 72 valence electrons. The monoisotopic (exact) mass is 180 g/mol. The molecule has 0 saturated carbocycles. The van der Waals surface area contributed by atoms with E-state index in [1.54, 1.807) is 0 Å². The smallest absolute Gasteiger partial charge is 0.189 e. The third-order valence-electron chi connectivity index (χ3n) is 2.03. The van der Waals surface area contributed by atoms with E-state index in [1.807, 2.05) is 0 Å². The third kappa shape index (κ3) is 1.22. The summed E-state index contributed by atoms with van der Waals surface area (Å²) in [6, 6.07) is 0. The van der Waals surface area contributed by atoms with Gasteiger partial charge in [0, 0.05) is 0 Å². The molecule has 0 bridgehead atoms. The minimum atomic E-state index is -2.09. The summed E-state index contributed by atoms with van der Waals surface area (Å²) >= 11 is 0. The molecule has 1 aliphatic heterocycles. The van der Waals surface area contributed by atoms with Gasteiger partial charge < -0.3 is 30.3 Å². The largest absolute Gasteiger partial charge is 0.394 e. The van der Waals surface area contributed by atoms with Crippen molar-refractivity contribution < 1.29 is 30.3 Å². The molecule has 1 saturated heterocycles. The van der Waals surface area contributed by atoms with Crippen molar-refractivity contribution in [3.63, 3.8) is 0 Å². The highest BCUT2D eigenvalue weighted by Crippen LogP contribution is 2.28. The topological polar surface area (TPSA) is 110 Å². The van der Waals surface area contributed by atoms with Gasteiger partial charge in [-0.1, -0.05) is 0 Å². The molecule has 1 unspecified atom stereocenters. The minimum absolute atomic E-state index is 0.527. The Morgan fingerprint density at radius 1 is 1.25 bits per heavy atom. The molecule has 6 nitrogen and oxygen atoms in total. The molecule has 1 rings (SSSR count). The van der Waals surface area contributed by atoms with E-state index in [0.717, 1.165) is 0 Å². The summed E-state index contributed by atoms with van der Waals surface area (Å²) in [4.78, 5) is 0. The molecular formula is C6H12O6. The lowest BCUT2D eigenvalue weighted by molar-refractivity contribution is -0.191. The van der Waals surface area contributed by atoms with Crippen molar-refractivity contribution in [2.75, 3.05) is 13.2 Å². The van der Waals surface area contributed by atoms with Crippen LogP contribution >= 0.6 is 0 Å². The normalized spacial score (nSPS) is 48.2. The molecule has 0 amide bonds. The van der Waals surface area contributed by atoms with Gasteiger partial charge in [0.15, 0.2) is 11.9 Å². The van der Waals surface area contributed by atoms with Crippen LogP contribution in [0.2, 0.25) is 0 Å². The molecule has 12 heavy (non-hydrogen) atoms. The van der Waals surface area contributed by atoms with Crippen molar-refractivity contribution in [2.24, 2.45) is 0 Å². The van der Waals surface area contributed by atoms with Crippen molar-refractivity contribution in [1.29, 1.82) is 0 Å². The lowest BCUT2D eigenvalue weighted by atomic mass is 9.97. The first kappa shape index (κ1) is 9.85. The highest BCUT2D eigenvalue weighted by molar-refractivity contribution is 4.98. The average Bonchev–Trinajstić information content (AvgIpc) is 2.30. The van der Waals surface area contributed by atoms with Crippen molar-refractivity contribution >= 4 is 0 Å². The second-order valence-electron chi connectivity index (χ2n) is 2.80. The van der Waals surface area contributed by atoms with E-state index in [0.29, 0.717) is 0 Å². The van der Waals surface area contributed by atoms with Gasteiger partial charge in [-0.3, -0.25) is 0 Å². The van der Waals surface area contributed by atoms with Crippen LogP contribution in [0.5, 0.6) is 0 Å². The summed E-state index contributed by atoms with van der Waals surface area (Å²) in [6.45, 7) is -1.35. The molecule has 6 heteroatoms. The van der Waals surface area contributed by atoms with Gasteiger partial charge >= 0.3 is 0 Å². The number of aliphatic hydroxyl groups is 5. The van der Waals surface area contributed by atoms with Gasteiger partial charge in [0.25, 0.3) is 0 Å². The lowest BCUT2D eigenvalue weighted by Gasteiger charge is -2.25. The number of ether oxygens (including phenoxy) is 1. The molecule has 1 fully saturated rings. The second kappa shape index (κ2) is 3.25. The van der Waals surface area contributed by atoms with Crippen LogP contribution in [-0.4, -0.2) is 62.8 Å². The Bertz CT molecular complexity index is 162. The van der Waals surface area contributed by atoms with Crippen LogP contribution in [0.1, 0.15) is 0 Å². The number of aliphatic hydroxyl groups excluding tert-OH is 4. The van der Waals surface area contributed by atoms with E-state index >= 15 is 0 Å².